The molecule has 0 spiro atoms. The number of anilines is 1. The molecule has 0 radical (unpaired) electrons. The van der Waals surface area contributed by atoms with Crippen LogP contribution in [0.1, 0.15) is 13.3 Å². The molecule has 1 aliphatic rings. The summed E-state index contributed by atoms with van der Waals surface area (Å²) in [7, 11) is 0. The summed E-state index contributed by atoms with van der Waals surface area (Å²) in [6.07, 6.45) is 0.300. The molecular weight excluding hydrogens is 208 g/mol. The molecule has 5 heteroatoms. The van der Waals surface area contributed by atoms with Crippen LogP contribution in [0.3, 0.4) is 0 Å². The van der Waals surface area contributed by atoms with E-state index in [1.807, 2.05) is 0 Å². The van der Waals surface area contributed by atoms with Crippen LogP contribution in [0.2, 0.25) is 0 Å². The van der Waals surface area contributed by atoms with E-state index < -0.39 is 0 Å². The van der Waals surface area contributed by atoms with Crippen LogP contribution in [0.25, 0.3) is 0 Å². The third kappa shape index (κ3) is 2.43. The fraction of sp³-hybridized carbons (Fsp3) is 0.364. The number of carbonyl (C=O) groups is 1. The molecule has 1 unspecified atom stereocenters. The van der Waals surface area contributed by atoms with E-state index in [2.05, 4.69) is 5.32 Å². The van der Waals surface area contributed by atoms with Gasteiger partial charge in [-0.3, -0.25) is 4.79 Å². The maximum absolute atomic E-state index is 11.5. The predicted octanol–water partition coefficient (Wildman–Crippen LogP) is 1.09. The Morgan fingerprint density at radius 3 is 3.00 bits per heavy atom. The number of carbonyl (C=O) groups excluding carboxylic acids is 1. The molecule has 1 atom stereocenters. The molecule has 1 amide bonds. The van der Waals surface area contributed by atoms with E-state index in [-0.39, 0.29) is 18.7 Å². The van der Waals surface area contributed by atoms with Crippen molar-refractivity contribution in [2.75, 3.05) is 12.1 Å². The quantitative estimate of drug-likeness (QED) is 0.802. The summed E-state index contributed by atoms with van der Waals surface area (Å²) >= 11 is 0. The zero-order valence-electron chi connectivity index (χ0n) is 9.03. The Bertz CT molecular complexity index is 404. The molecule has 1 heterocycles. The predicted molar refractivity (Wildman–Crippen MR) is 59.5 cm³/mol. The van der Waals surface area contributed by atoms with Gasteiger partial charge in [0.1, 0.15) is 0 Å². The SMILES string of the molecule is CC(N)CC(=O)Nc1ccc2c(c1)OCO2. The van der Waals surface area contributed by atoms with Crippen molar-refractivity contribution in [1.29, 1.82) is 0 Å². The number of amides is 1. The van der Waals surface area contributed by atoms with Crippen molar-refractivity contribution in [1.82, 2.24) is 0 Å². The average molecular weight is 222 g/mol. The van der Waals surface area contributed by atoms with Gasteiger partial charge < -0.3 is 20.5 Å². The largest absolute Gasteiger partial charge is 0.454 e. The number of hydrogen-bond donors (Lipinski definition) is 2. The lowest BCUT2D eigenvalue weighted by atomic mass is 10.2. The minimum absolute atomic E-state index is 0.103. The molecule has 0 bridgehead atoms. The topological polar surface area (TPSA) is 73.6 Å². The van der Waals surface area contributed by atoms with Gasteiger partial charge >= 0.3 is 0 Å². The van der Waals surface area contributed by atoms with Crippen molar-refractivity contribution < 1.29 is 14.3 Å². The van der Waals surface area contributed by atoms with Gasteiger partial charge in [-0.25, -0.2) is 0 Å². The van der Waals surface area contributed by atoms with Gasteiger partial charge in [-0.1, -0.05) is 0 Å². The number of nitrogens with one attached hydrogen (secondary N) is 1. The molecule has 5 nitrogen and oxygen atoms in total. The Balaban J connectivity index is 2.02. The van der Waals surface area contributed by atoms with E-state index in [4.69, 9.17) is 15.2 Å². The van der Waals surface area contributed by atoms with Crippen molar-refractivity contribution in [3.63, 3.8) is 0 Å². The van der Waals surface area contributed by atoms with Crippen LogP contribution in [-0.2, 0) is 4.79 Å². The normalized spacial score (nSPS) is 14.6. The minimum Gasteiger partial charge on any atom is -0.454 e. The molecule has 3 N–H and O–H groups in total. The van der Waals surface area contributed by atoms with Crippen molar-refractivity contribution in [3.05, 3.63) is 18.2 Å². The van der Waals surface area contributed by atoms with Crippen LogP contribution >= 0.6 is 0 Å². The number of hydrogen-bond acceptors (Lipinski definition) is 4. The molecule has 2 rings (SSSR count). The monoisotopic (exact) mass is 222 g/mol. The lowest BCUT2D eigenvalue weighted by molar-refractivity contribution is -0.116. The number of nitrogens with two attached hydrogens (primary N) is 1. The van der Waals surface area contributed by atoms with E-state index >= 15 is 0 Å². The van der Waals surface area contributed by atoms with Crippen molar-refractivity contribution in [3.8, 4) is 11.5 Å². The number of fused-ring (bicyclic) bond motifs is 1. The van der Waals surface area contributed by atoms with Gasteiger partial charge in [0.05, 0.1) is 0 Å². The van der Waals surface area contributed by atoms with E-state index in [0.717, 1.165) is 0 Å². The van der Waals surface area contributed by atoms with Gasteiger partial charge in [0.2, 0.25) is 12.7 Å². The Hall–Kier alpha value is -1.75. The number of ether oxygens (including phenoxy) is 2. The first kappa shape index (κ1) is 10.8. The first-order valence-corrected chi connectivity index (χ1v) is 5.10. The van der Waals surface area contributed by atoms with E-state index in [0.29, 0.717) is 23.6 Å². The summed E-state index contributed by atoms with van der Waals surface area (Å²) in [5.41, 5.74) is 6.22. The van der Waals surface area contributed by atoms with E-state index in [1.54, 1.807) is 25.1 Å². The van der Waals surface area contributed by atoms with Gasteiger partial charge in [0.15, 0.2) is 11.5 Å². The summed E-state index contributed by atoms with van der Waals surface area (Å²) in [6.45, 7) is 2.02. The van der Waals surface area contributed by atoms with Gasteiger partial charge in [-0.2, -0.15) is 0 Å². The zero-order chi connectivity index (χ0) is 11.5. The zero-order valence-corrected chi connectivity index (χ0v) is 9.03. The Labute approximate surface area is 93.5 Å². The van der Waals surface area contributed by atoms with E-state index in [1.165, 1.54) is 0 Å². The Kier molecular flexibility index (Phi) is 2.96. The number of rotatable bonds is 3. The smallest absolute Gasteiger partial charge is 0.231 e. The van der Waals surface area contributed by atoms with Gasteiger partial charge in [0.25, 0.3) is 0 Å². The third-order valence-corrected chi connectivity index (χ3v) is 2.16. The molecule has 16 heavy (non-hydrogen) atoms. The first-order chi connectivity index (χ1) is 7.65. The van der Waals surface area contributed by atoms with E-state index in [9.17, 15) is 4.79 Å². The fourth-order valence-electron chi connectivity index (χ4n) is 1.48. The molecule has 86 valence electrons. The van der Waals surface area contributed by atoms with Crippen molar-refractivity contribution in [2.24, 2.45) is 5.73 Å². The van der Waals surface area contributed by atoms with Gasteiger partial charge in [-0.15, -0.1) is 0 Å². The van der Waals surface area contributed by atoms with Crippen LogP contribution in [0, 0.1) is 0 Å². The summed E-state index contributed by atoms with van der Waals surface area (Å²) < 4.78 is 10.4. The van der Waals surface area contributed by atoms with Crippen LogP contribution in [0.15, 0.2) is 18.2 Å². The van der Waals surface area contributed by atoms with Crippen LogP contribution in [0.5, 0.6) is 11.5 Å². The highest BCUT2D eigenvalue weighted by Gasteiger charge is 2.14. The van der Waals surface area contributed by atoms with Crippen LogP contribution in [-0.4, -0.2) is 18.7 Å². The molecule has 0 saturated heterocycles. The second kappa shape index (κ2) is 4.40. The summed E-state index contributed by atoms with van der Waals surface area (Å²) in [6, 6.07) is 5.13. The molecular formula is C11H14N2O3. The summed E-state index contributed by atoms with van der Waals surface area (Å²) in [4.78, 5) is 11.5. The lowest BCUT2D eigenvalue weighted by Gasteiger charge is -2.07. The second-order valence-electron chi connectivity index (χ2n) is 3.80. The third-order valence-electron chi connectivity index (χ3n) is 2.16. The minimum atomic E-state index is -0.144. The highest BCUT2D eigenvalue weighted by atomic mass is 16.7. The van der Waals surface area contributed by atoms with Crippen molar-refractivity contribution in [2.45, 2.75) is 19.4 Å². The molecule has 1 aromatic carbocycles. The molecule has 0 aliphatic carbocycles. The average Bonchev–Trinajstić information content (AvgIpc) is 2.63. The highest BCUT2D eigenvalue weighted by molar-refractivity contribution is 5.91. The van der Waals surface area contributed by atoms with Gasteiger partial charge in [-0.05, 0) is 19.1 Å². The highest BCUT2D eigenvalue weighted by Crippen LogP contribution is 2.34. The van der Waals surface area contributed by atoms with Crippen LogP contribution in [0.4, 0.5) is 5.69 Å². The first-order valence-electron chi connectivity index (χ1n) is 5.10. The maximum Gasteiger partial charge on any atom is 0.231 e. The molecule has 0 fully saturated rings. The summed E-state index contributed by atoms with van der Waals surface area (Å²) in [5, 5.41) is 2.75. The summed E-state index contributed by atoms with van der Waals surface area (Å²) in [5.74, 6) is 1.25. The Morgan fingerprint density at radius 2 is 2.25 bits per heavy atom. The second-order valence-corrected chi connectivity index (χ2v) is 3.80. The number of benzene rings is 1. The molecule has 0 aromatic heterocycles. The van der Waals surface area contributed by atoms with Gasteiger partial charge in [0, 0.05) is 24.2 Å². The lowest BCUT2D eigenvalue weighted by Crippen LogP contribution is -2.23. The molecule has 1 aromatic rings. The maximum atomic E-state index is 11.5. The Morgan fingerprint density at radius 1 is 1.50 bits per heavy atom. The molecule has 0 saturated carbocycles. The van der Waals surface area contributed by atoms with Crippen molar-refractivity contribution >= 4 is 11.6 Å². The molecule has 1 aliphatic heterocycles. The van der Waals surface area contributed by atoms with Crippen LogP contribution < -0.4 is 20.5 Å². The fourth-order valence-corrected chi connectivity index (χ4v) is 1.48. The standard InChI is InChI=1S/C11H14N2O3/c1-7(12)4-11(14)13-8-2-3-9-10(5-8)16-6-15-9/h2-3,5,7H,4,6,12H2,1H3,(H,13,14).